The topological polar surface area (TPSA) is 44.8 Å². The number of hydrogen-bond acceptors (Lipinski definition) is 4. The van der Waals surface area contributed by atoms with E-state index < -0.39 is 5.97 Å². The SMILES string of the molecule is COc1ccc(OC)c(/C=C/C(=O)Oc2ccc(Cl)cc2C)c1. The van der Waals surface area contributed by atoms with Gasteiger partial charge in [0.15, 0.2) is 0 Å². The molecule has 0 atom stereocenters. The Morgan fingerprint density at radius 1 is 1.04 bits per heavy atom. The second kappa shape index (κ2) is 7.70. The maximum Gasteiger partial charge on any atom is 0.336 e. The van der Waals surface area contributed by atoms with Gasteiger partial charge in [0.2, 0.25) is 0 Å². The molecule has 0 radical (unpaired) electrons. The average Bonchev–Trinajstić information content (AvgIpc) is 2.55. The Labute approximate surface area is 140 Å². The lowest BCUT2D eigenvalue weighted by Crippen LogP contribution is -2.04. The van der Waals surface area contributed by atoms with Crippen LogP contribution in [-0.2, 0) is 4.79 Å². The maximum atomic E-state index is 12.0. The predicted molar refractivity (Wildman–Crippen MR) is 90.4 cm³/mol. The van der Waals surface area contributed by atoms with Crippen molar-refractivity contribution in [1.82, 2.24) is 0 Å². The van der Waals surface area contributed by atoms with Crippen LogP contribution in [0.3, 0.4) is 0 Å². The summed E-state index contributed by atoms with van der Waals surface area (Å²) in [5.41, 5.74) is 1.51. The van der Waals surface area contributed by atoms with Crippen LogP contribution in [0.2, 0.25) is 5.02 Å². The molecule has 0 bridgehead atoms. The predicted octanol–water partition coefficient (Wildman–Crippen LogP) is 4.28. The van der Waals surface area contributed by atoms with Crippen molar-refractivity contribution in [2.45, 2.75) is 6.92 Å². The average molecular weight is 333 g/mol. The number of hydrogen-bond donors (Lipinski definition) is 0. The quantitative estimate of drug-likeness (QED) is 0.465. The van der Waals surface area contributed by atoms with E-state index in [1.54, 1.807) is 56.7 Å². The van der Waals surface area contributed by atoms with Crippen molar-refractivity contribution in [3.05, 3.63) is 58.6 Å². The highest BCUT2D eigenvalue weighted by atomic mass is 35.5. The molecule has 120 valence electrons. The molecule has 4 nitrogen and oxygen atoms in total. The van der Waals surface area contributed by atoms with Crippen molar-refractivity contribution < 1.29 is 19.0 Å². The number of aryl methyl sites for hydroxylation is 1. The molecule has 0 saturated carbocycles. The first-order valence-electron chi connectivity index (χ1n) is 6.91. The number of benzene rings is 2. The van der Waals surface area contributed by atoms with Gasteiger partial charge in [-0.3, -0.25) is 0 Å². The zero-order chi connectivity index (χ0) is 16.8. The molecule has 0 saturated heterocycles. The smallest absolute Gasteiger partial charge is 0.336 e. The number of halogens is 1. The third-order valence-electron chi connectivity index (χ3n) is 3.18. The lowest BCUT2D eigenvalue weighted by atomic mass is 10.1. The molecule has 0 amide bonds. The summed E-state index contributed by atoms with van der Waals surface area (Å²) in [6.07, 6.45) is 2.96. The number of methoxy groups -OCH3 is 2. The van der Waals surface area contributed by atoms with Crippen LogP contribution in [0.4, 0.5) is 0 Å². The van der Waals surface area contributed by atoms with Crippen LogP contribution < -0.4 is 14.2 Å². The van der Waals surface area contributed by atoms with Gasteiger partial charge < -0.3 is 14.2 Å². The van der Waals surface area contributed by atoms with Crippen molar-refractivity contribution in [1.29, 1.82) is 0 Å². The molecule has 0 spiro atoms. The Morgan fingerprint density at radius 3 is 2.43 bits per heavy atom. The summed E-state index contributed by atoms with van der Waals surface area (Å²) in [6, 6.07) is 10.4. The van der Waals surface area contributed by atoms with E-state index in [-0.39, 0.29) is 0 Å². The molecule has 0 aliphatic rings. The van der Waals surface area contributed by atoms with Crippen molar-refractivity contribution in [2.24, 2.45) is 0 Å². The van der Waals surface area contributed by atoms with Crippen molar-refractivity contribution in [3.63, 3.8) is 0 Å². The first kappa shape index (κ1) is 16.9. The Bertz CT molecular complexity index is 738. The number of carbonyl (C=O) groups is 1. The minimum Gasteiger partial charge on any atom is -0.497 e. The Hall–Kier alpha value is -2.46. The molecule has 5 heteroatoms. The van der Waals surface area contributed by atoms with Crippen LogP contribution in [0.5, 0.6) is 17.2 Å². The third-order valence-corrected chi connectivity index (χ3v) is 3.42. The standard InChI is InChI=1S/C18H17ClO4/c1-12-10-14(19)5-7-16(12)23-18(20)9-4-13-11-15(21-2)6-8-17(13)22-3/h4-11H,1-3H3/b9-4+. The van der Waals surface area contributed by atoms with E-state index in [1.165, 1.54) is 6.08 Å². The molecule has 0 aliphatic heterocycles. The van der Waals surface area contributed by atoms with Gasteiger partial charge in [0, 0.05) is 16.7 Å². The number of carbonyl (C=O) groups excluding carboxylic acids is 1. The second-order valence-corrected chi connectivity index (χ2v) is 5.21. The summed E-state index contributed by atoms with van der Waals surface area (Å²) in [5, 5.41) is 0.596. The van der Waals surface area contributed by atoms with E-state index in [4.69, 9.17) is 25.8 Å². The number of rotatable bonds is 5. The molecule has 2 rings (SSSR count). The van der Waals surface area contributed by atoms with Crippen molar-refractivity contribution in [3.8, 4) is 17.2 Å². The van der Waals surface area contributed by atoms with Gasteiger partial charge in [0.1, 0.15) is 17.2 Å². The molecule has 0 aromatic heterocycles. The molecule has 2 aromatic rings. The minimum atomic E-state index is -0.486. The highest BCUT2D eigenvalue weighted by Gasteiger charge is 2.06. The van der Waals surface area contributed by atoms with E-state index in [0.29, 0.717) is 22.3 Å². The molecule has 0 fully saturated rings. The van der Waals surface area contributed by atoms with Crippen LogP contribution in [0, 0.1) is 6.92 Å². The summed E-state index contributed by atoms with van der Waals surface area (Å²) >= 11 is 5.88. The molecular weight excluding hydrogens is 316 g/mol. The van der Waals surface area contributed by atoms with Gasteiger partial charge in [-0.2, -0.15) is 0 Å². The van der Waals surface area contributed by atoms with E-state index in [0.717, 1.165) is 11.1 Å². The molecule has 0 N–H and O–H groups in total. The van der Waals surface area contributed by atoms with Gasteiger partial charge in [-0.05, 0) is 55.0 Å². The van der Waals surface area contributed by atoms with Crippen LogP contribution in [-0.4, -0.2) is 20.2 Å². The highest BCUT2D eigenvalue weighted by Crippen LogP contribution is 2.25. The first-order valence-corrected chi connectivity index (χ1v) is 7.29. The summed E-state index contributed by atoms with van der Waals surface area (Å²) < 4.78 is 15.7. The third kappa shape index (κ3) is 4.50. The largest absolute Gasteiger partial charge is 0.497 e. The molecular formula is C18H17ClO4. The molecule has 0 unspecified atom stereocenters. The van der Waals surface area contributed by atoms with E-state index >= 15 is 0 Å². The minimum absolute atomic E-state index is 0.474. The van der Waals surface area contributed by atoms with Crippen molar-refractivity contribution >= 4 is 23.6 Å². The van der Waals surface area contributed by atoms with E-state index in [9.17, 15) is 4.79 Å². The van der Waals surface area contributed by atoms with Gasteiger partial charge in [-0.25, -0.2) is 4.79 Å². The summed E-state index contributed by atoms with van der Waals surface area (Å²) in [7, 11) is 3.14. The van der Waals surface area contributed by atoms with Gasteiger partial charge in [0.25, 0.3) is 0 Å². The summed E-state index contributed by atoms with van der Waals surface area (Å²) in [4.78, 5) is 12.0. The van der Waals surface area contributed by atoms with Crippen LogP contribution in [0.25, 0.3) is 6.08 Å². The lowest BCUT2D eigenvalue weighted by Gasteiger charge is -2.07. The highest BCUT2D eigenvalue weighted by molar-refractivity contribution is 6.30. The summed E-state index contributed by atoms with van der Waals surface area (Å²) in [6.45, 7) is 1.82. The molecule has 0 heterocycles. The van der Waals surface area contributed by atoms with Gasteiger partial charge >= 0.3 is 5.97 Å². The van der Waals surface area contributed by atoms with E-state index in [2.05, 4.69) is 0 Å². The second-order valence-electron chi connectivity index (χ2n) is 4.77. The van der Waals surface area contributed by atoms with Crippen LogP contribution >= 0.6 is 11.6 Å². The Kier molecular flexibility index (Phi) is 5.66. The number of ether oxygens (including phenoxy) is 3. The number of esters is 1. The maximum absolute atomic E-state index is 12.0. The van der Waals surface area contributed by atoms with Crippen LogP contribution in [0.1, 0.15) is 11.1 Å². The summed E-state index contributed by atoms with van der Waals surface area (Å²) in [5.74, 6) is 1.30. The van der Waals surface area contributed by atoms with E-state index in [1.807, 2.05) is 6.92 Å². The fourth-order valence-corrected chi connectivity index (χ4v) is 2.22. The molecule has 0 aliphatic carbocycles. The Balaban J connectivity index is 2.14. The zero-order valence-corrected chi connectivity index (χ0v) is 13.9. The fraction of sp³-hybridized carbons (Fsp3) is 0.167. The van der Waals surface area contributed by atoms with Crippen LogP contribution in [0.15, 0.2) is 42.5 Å². The zero-order valence-electron chi connectivity index (χ0n) is 13.1. The monoisotopic (exact) mass is 332 g/mol. The van der Waals surface area contributed by atoms with Crippen molar-refractivity contribution in [2.75, 3.05) is 14.2 Å². The van der Waals surface area contributed by atoms with Gasteiger partial charge in [-0.15, -0.1) is 0 Å². The van der Waals surface area contributed by atoms with Gasteiger partial charge in [-0.1, -0.05) is 11.6 Å². The lowest BCUT2D eigenvalue weighted by molar-refractivity contribution is -0.128. The van der Waals surface area contributed by atoms with Gasteiger partial charge in [0.05, 0.1) is 14.2 Å². The molecule has 23 heavy (non-hydrogen) atoms. The Morgan fingerprint density at radius 2 is 1.78 bits per heavy atom. The fourth-order valence-electron chi connectivity index (χ4n) is 2.00. The molecule has 2 aromatic carbocycles. The normalized spacial score (nSPS) is 10.6. The first-order chi connectivity index (χ1) is 11.0.